The molecule has 0 aliphatic carbocycles. The molecule has 0 radical (unpaired) electrons. The number of nitrogens with zero attached hydrogens (tertiary/aromatic N) is 1. The average Bonchev–Trinajstić information content (AvgIpc) is 2.16. The zero-order valence-electron chi connectivity index (χ0n) is 9.40. The van der Waals surface area contributed by atoms with E-state index in [4.69, 9.17) is 4.74 Å². The average molecular weight is 210 g/mol. The highest BCUT2D eigenvalue weighted by Crippen LogP contribution is 2.15. The first-order valence-electron chi connectivity index (χ1n) is 5.06. The number of nitrogens with one attached hydrogen (secondary N) is 1. The zero-order valence-corrected chi connectivity index (χ0v) is 9.40. The van der Waals surface area contributed by atoms with E-state index in [2.05, 4.69) is 10.3 Å². The number of aliphatic hydroxyl groups is 1. The molecule has 4 heteroatoms. The highest BCUT2D eigenvalue weighted by molar-refractivity contribution is 5.45. The molecule has 1 aromatic heterocycles. The highest BCUT2D eigenvalue weighted by Gasteiger charge is 2.06. The van der Waals surface area contributed by atoms with Crippen LogP contribution in [-0.4, -0.2) is 29.3 Å². The minimum Gasteiger partial charge on any atom is -0.481 e. The second kappa shape index (κ2) is 5.56. The first-order valence-corrected chi connectivity index (χ1v) is 5.06. The SMILES string of the molecule is COc1cc(NC(C)CC(C)O)ccn1. The maximum atomic E-state index is 9.22. The first kappa shape index (κ1) is 11.8. The lowest BCUT2D eigenvalue weighted by molar-refractivity contribution is 0.179. The van der Waals surface area contributed by atoms with Crippen LogP contribution in [0.5, 0.6) is 5.88 Å². The van der Waals surface area contributed by atoms with Crippen molar-refractivity contribution in [2.24, 2.45) is 0 Å². The minimum atomic E-state index is -0.295. The van der Waals surface area contributed by atoms with Crippen molar-refractivity contribution in [1.29, 1.82) is 0 Å². The van der Waals surface area contributed by atoms with Crippen LogP contribution in [0.2, 0.25) is 0 Å². The van der Waals surface area contributed by atoms with Crippen molar-refractivity contribution < 1.29 is 9.84 Å². The topological polar surface area (TPSA) is 54.4 Å². The molecule has 2 unspecified atom stereocenters. The van der Waals surface area contributed by atoms with Gasteiger partial charge in [-0.2, -0.15) is 0 Å². The molecule has 15 heavy (non-hydrogen) atoms. The van der Waals surface area contributed by atoms with Crippen LogP contribution in [0.3, 0.4) is 0 Å². The van der Waals surface area contributed by atoms with Gasteiger partial charge in [0.2, 0.25) is 5.88 Å². The molecule has 2 N–H and O–H groups in total. The van der Waals surface area contributed by atoms with Crippen molar-refractivity contribution in [2.75, 3.05) is 12.4 Å². The Hall–Kier alpha value is -1.29. The minimum absolute atomic E-state index is 0.220. The third-order valence-electron chi connectivity index (χ3n) is 2.05. The van der Waals surface area contributed by atoms with Gasteiger partial charge in [0.1, 0.15) is 0 Å². The molecule has 1 aromatic rings. The van der Waals surface area contributed by atoms with E-state index in [1.54, 1.807) is 20.2 Å². The van der Waals surface area contributed by atoms with Crippen molar-refractivity contribution in [2.45, 2.75) is 32.4 Å². The van der Waals surface area contributed by atoms with E-state index in [1.807, 2.05) is 19.1 Å². The normalized spacial score (nSPS) is 14.4. The van der Waals surface area contributed by atoms with E-state index in [1.165, 1.54) is 0 Å². The molecule has 0 bridgehead atoms. The lowest BCUT2D eigenvalue weighted by Gasteiger charge is -2.16. The van der Waals surface area contributed by atoms with Gasteiger partial charge in [-0.25, -0.2) is 4.98 Å². The molecular formula is C11H18N2O2. The summed E-state index contributed by atoms with van der Waals surface area (Å²) in [6.07, 6.45) is 2.11. The smallest absolute Gasteiger partial charge is 0.214 e. The predicted octanol–water partition coefficient (Wildman–Crippen LogP) is 1.66. The van der Waals surface area contributed by atoms with Gasteiger partial charge in [-0.15, -0.1) is 0 Å². The van der Waals surface area contributed by atoms with Crippen LogP contribution < -0.4 is 10.1 Å². The summed E-state index contributed by atoms with van der Waals surface area (Å²) in [5, 5.41) is 12.5. The fourth-order valence-electron chi connectivity index (χ4n) is 1.47. The summed E-state index contributed by atoms with van der Waals surface area (Å²) in [6.45, 7) is 3.81. The first-order chi connectivity index (χ1) is 7.11. The van der Waals surface area contributed by atoms with Gasteiger partial charge in [0.25, 0.3) is 0 Å². The van der Waals surface area contributed by atoms with Crippen molar-refractivity contribution >= 4 is 5.69 Å². The Morgan fingerprint density at radius 1 is 1.53 bits per heavy atom. The quantitative estimate of drug-likeness (QED) is 0.776. The van der Waals surface area contributed by atoms with Crippen LogP contribution >= 0.6 is 0 Å². The lowest BCUT2D eigenvalue weighted by Crippen LogP contribution is -2.20. The second-order valence-corrected chi connectivity index (χ2v) is 3.72. The molecule has 2 atom stereocenters. The Morgan fingerprint density at radius 3 is 2.87 bits per heavy atom. The Balaban J connectivity index is 2.55. The van der Waals surface area contributed by atoms with Crippen LogP contribution in [0.1, 0.15) is 20.3 Å². The summed E-state index contributed by atoms with van der Waals surface area (Å²) in [7, 11) is 1.59. The third-order valence-corrected chi connectivity index (χ3v) is 2.05. The Morgan fingerprint density at radius 2 is 2.27 bits per heavy atom. The van der Waals surface area contributed by atoms with Gasteiger partial charge in [0.05, 0.1) is 13.2 Å². The molecule has 1 rings (SSSR count). The Bertz CT molecular complexity index is 302. The molecule has 4 nitrogen and oxygen atoms in total. The molecule has 0 fully saturated rings. The predicted molar refractivity (Wildman–Crippen MR) is 60.2 cm³/mol. The van der Waals surface area contributed by atoms with Crippen LogP contribution in [0, 0.1) is 0 Å². The van der Waals surface area contributed by atoms with Gasteiger partial charge >= 0.3 is 0 Å². The fourth-order valence-corrected chi connectivity index (χ4v) is 1.47. The lowest BCUT2D eigenvalue weighted by atomic mass is 10.1. The molecule has 0 aliphatic rings. The molecule has 0 aliphatic heterocycles. The Labute approximate surface area is 90.3 Å². The number of aliphatic hydroxyl groups excluding tert-OH is 1. The van der Waals surface area contributed by atoms with E-state index in [0.29, 0.717) is 12.3 Å². The van der Waals surface area contributed by atoms with Gasteiger partial charge in [-0.05, 0) is 26.3 Å². The molecule has 0 spiro atoms. The molecule has 84 valence electrons. The summed E-state index contributed by atoms with van der Waals surface area (Å²) in [5.74, 6) is 0.587. The van der Waals surface area contributed by atoms with Crippen molar-refractivity contribution in [3.63, 3.8) is 0 Å². The monoisotopic (exact) mass is 210 g/mol. The van der Waals surface area contributed by atoms with Gasteiger partial charge < -0.3 is 15.2 Å². The molecule has 0 saturated heterocycles. The highest BCUT2D eigenvalue weighted by atomic mass is 16.5. The summed E-state index contributed by atoms with van der Waals surface area (Å²) >= 11 is 0. The van der Waals surface area contributed by atoms with Gasteiger partial charge in [0, 0.05) is 24.0 Å². The number of methoxy groups -OCH3 is 1. The molecule has 0 aromatic carbocycles. The molecule has 0 amide bonds. The van der Waals surface area contributed by atoms with E-state index in [0.717, 1.165) is 5.69 Å². The van der Waals surface area contributed by atoms with Crippen LogP contribution in [0.15, 0.2) is 18.3 Å². The van der Waals surface area contributed by atoms with E-state index >= 15 is 0 Å². The number of hydrogen-bond donors (Lipinski definition) is 2. The number of anilines is 1. The van der Waals surface area contributed by atoms with Crippen LogP contribution in [0.25, 0.3) is 0 Å². The second-order valence-electron chi connectivity index (χ2n) is 3.72. The van der Waals surface area contributed by atoms with E-state index in [-0.39, 0.29) is 12.1 Å². The maximum absolute atomic E-state index is 9.22. The molecule has 0 saturated carbocycles. The summed E-state index contributed by atoms with van der Waals surface area (Å²) in [5.41, 5.74) is 0.954. The third kappa shape index (κ3) is 4.16. The number of ether oxygens (including phenoxy) is 1. The summed E-state index contributed by atoms with van der Waals surface area (Å²) < 4.78 is 5.02. The summed E-state index contributed by atoms with van der Waals surface area (Å²) in [6, 6.07) is 3.93. The largest absolute Gasteiger partial charge is 0.481 e. The van der Waals surface area contributed by atoms with Crippen molar-refractivity contribution in [3.05, 3.63) is 18.3 Å². The number of hydrogen-bond acceptors (Lipinski definition) is 4. The van der Waals surface area contributed by atoms with Crippen LogP contribution in [-0.2, 0) is 0 Å². The molecular weight excluding hydrogens is 192 g/mol. The van der Waals surface area contributed by atoms with Crippen molar-refractivity contribution in [1.82, 2.24) is 4.98 Å². The van der Waals surface area contributed by atoms with E-state index in [9.17, 15) is 5.11 Å². The summed E-state index contributed by atoms with van der Waals surface area (Å²) in [4.78, 5) is 4.01. The maximum Gasteiger partial charge on any atom is 0.214 e. The van der Waals surface area contributed by atoms with Gasteiger partial charge in [-0.3, -0.25) is 0 Å². The standard InChI is InChI=1S/C11H18N2O2/c1-8(6-9(2)14)13-10-4-5-12-11(7-10)15-3/h4-5,7-9,14H,6H2,1-3H3,(H,12,13). The number of pyridine rings is 1. The number of aromatic nitrogens is 1. The number of rotatable bonds is 5. The fraction of sp³-hybridized carbons (Fsp3) is 0.545. The zero-order chi connectivity index (χ0) is 11.3. The van der Waals surface area contributed by atoms with Crippen LogP contribution in [0.4, 0.5) is 5.69 Å². The molecule has 1 heterocycles. The van der Waals surface area contributed by atoms with Gasteiger partial charge in [-0.1, -0.05) is 0 Å². The van der Waals surface area contributed by atoms with Crippen molar-refractivity contribution in [3.8, 4) is 5.88 Å². The van der Waals surface area contributed by atoms with E-state index < -0.39 is 0 Å². The Kier molecular flexibility index (Phi) is 4.37. The van der Waals surface area contributed by atoms with Gasteiger partial charge in [0.15, 0.2) is 0 Å².